The number of likely N-dealkylation sites (tertiary alicyclic amines) is 1. The minimum Gasteiger partial charge on any atom is -0.354 e. The number of rotatable bonds is 10. The molecule has 0 atom stereocenters. The van der Waals surface area contributed by atoms with Crippen LogP contribution in [0.3, 0.4) is 0 Å². The van der Waals surface area contributed by atoms with E-state index in [4.69, 9.17) is 15.0 Å². The van der Waals surface area contributed by atoms with E-state index in [0.29, 0.717) is 30.0 Å². The molecule has 45 heavy (non-hydrogen) atoms. The zero-order valence-corrected chi connectivity index (χ0v) is 25.8. The van der Waals surface area contributed by atoms with Crippen molar-refractivity contribution in [2.75, 3.05) is 42.6 Å². The second-order valence-electron chi connectivity index (χ2n) is 12.0. The Balaban J connectivity index is 1.28. The van der Waals surface area contributed by atoms with Crippen molar-refractivity contribution in [3.63, 3.8) is 0 Å². The Bertz CT molecular complexity index is 1860. The maximum absolute atomic E-state index is 13.3. The van der Waals surface area contributed by atoms with Crippen molar-refractivity contribution in [1.82, 2.24) is 29.5 Å². The van der Waals surface area contributed by atoms with Crippen molar-refractivity contribution in [3.8, 4) is 11.3 Å². The summed E-state index contributed by atoms with van der Waals surface area (Å²) < 4.78 is 15.0. The van der Waals surface area contributed by atoms with Crippen LogP contribution in [0.2, 0.25) is 0 Å². The van der Waals surface area contributed by atoms with Crippen molar-refractivity contribution in [2.45, 2.75) is 39.2 Å². The van der Waals surface area contributed by atoms with Gasteiger partial charge in [-0.2, -0.15) is 19.6 Å². The number of pyridine rings is 1. The van der Waals surface area contributed by atoms with Crippen LogP contribution < -0.4 is 16.0 Å². The predicted octanol–water partition coefficient (Wildman–Crippen LogP) is 6.25. The molecule has 3 N–H and O–H groups in total. The van der Waals surface area contributed by atoms with Gasteiger partial charge in [0.25, 0.3) is 5.91 Å². The molecule has 0 aliphatic carbocycles. The zero-order valence-electron chi connectivity index (χ0n) is 25.8. The Hall–Kier alpha value is -4.90. The van der Waals surface area contributed by atoms with Gasteiger partial charge in [-0.3, -0.25) is 9.78 Å². The number of piperidine rings is 1. The monoisotopic (exact) mass is 607 g/mol. The maximum Gasteiger partial charge on any atom is 0.283 e. The van der Waals surface area contributed by atoms with Crippen LogP contribution >= 0.6 is 0 Å². The number of nitrogens with zero attached hydrogens (tertiary/aromatic N) is 6. The topological polar surface area (TPSA) is 112 Å². The summed E-state index contributed by atoms with van der Waals surface area (Å²) in [5.41, 5.74) is 5.11. The first-order chi connectivity index (χ1) is 21.8. The van der Waals surface area contributed by atoms with E-state index in [1.54, 1.807) is 22.8 Å². The van der Waals surface area contributed by atoms with E-state index < -0.39 is 11.7 Å². The molecular weight excluding hydrogens is 569 g/mol. The number of fused-ring (bicyclic) bond motifs is 2. The number of halogens is 1. The smallest absolute Gasteiger partial charge is 0.283 e. The molecule has 0 unspecified atom stereocenters. The van der Waals surface area contributed by atoms with Crippen LogP contribution in [-0.4, -0.2) is 62.1 Å². The summed E-state index contributed by atoms with van der Waals surface area (Å²) >= 11 is 0. The number of carbonyl (C=O) groups is 1. The van der Waals surface area contributed by atoms with E-state index in [9.17, 15) is 9.18 Å². The lowest BCUT2D eigenvalue weighted by molar-refractivity contribution is -0.114. The molecule has 11 heteroatoms. The number of anilines is 3. The van der Waals surface area contributed by atoms with E-state index in [0.717, 1.165) is 71.3 Å². The highest BCUT2D eigenvalue weighted by atomic mass is 19.1. The fourth-order valence-corrected chi connectivity index (χ4v) is 5.75. The highest BCUT2D eigenvalue weighted by molar-refractivity contribution is 6.04. The molecule has 10 nitrogen and oxygen atoms in total. The number of carbonyl (C=O) groups excluding carboxylic acids is 1. The zero-order chi connectivity index (χ0) is 31.5. The summed E-state index contributed by atoms with van der Waals surface area (Å²) in [6, 6.07) is 15.4. The fourth-order valence-electron chi connectivity index (χ4n) is 5.75. The molecular formula is C34H38FN9O. The Morgan fingerprint density at radius 2 is 1.89 bits per heavy atom. The molecule has 1 aliphatic rings. The molecule has 0 saturated carbocycles. The van der Waals surface area contributed by atoms with Crippen molar-refractivity contribution >= 4 is 39.9 Å². The highest BCUT2D eigenvalue weighted by Crippen LogP contribution is 2.31. The van der Waals surface area contributed by atoms with E-state index in [1.165, 1.54) is 0 Å². The van der Waals surface area contributed by atoms with Gasteiger partial charge in [0.2, 0.25) is 11.9 Å². The Kier molecular flexibility index (Phi) is 8.70. The Labute approximate surface area is 261 Å². The van der Waals surface area contributed by atoms with Crippen LogP contribution in [0.1, 0.15) is 43.7 Å². The Morgan fingerprint density at radius 3 is 2.67 bits per heavy atom. The lowest BCUT2D eigenvalue weighted by Gasteiger charge is -2.28. The first-order valence-corrected chi connectivity index (χ1v) is 15.3. The standard InChI is InChI=1S/C34H38FN9O/c1-21(2)29-20-39-44-31(29)41-33(37-18-23-12-15-43(4)16-13-23)42-34(44)38-19-25-7-5-6-8-27(25)30-28-10-9-26(40-32(45)22(3)35)17-24(28)11-14-36-30/h5-11,14,17,20-21,23H,3,12-13,15-16,18-19H2,1-2,4H3,(H,40,45)(H2,37,38,41,42). The van der Waals surface area contributed by atoms with Crippen LogP contribution in [0.25, 0.3) is 27.7 Å². The number of benzene rings is 2. The summed E-state index contributed by atoms with van der Waals surface area (Å²) in [6.07, 6.45) is 5.91. The molecule has 0 radical (unpaired) electrons. The number of nitrogens with one attached hydrogen (secondary N) is 3. The number of hydrogen-bond donors (Lipinski definition) is 3. The van der Waals surface area contributed by atoms with Gasteiger partial charge in [-0.1, -0.05) is 50.8 Å². The molecule has 232 valence electrons. The molecule has 0 spiro atoms. The van der Waals surface area contributed by atoms with Gasteiger partial charge in [-0.05, 0) is 74.0 Å². The van der Waals surface area contributed by atoms with Gasteiger partial charge in [-0.25, -0.2) is 4.39 Å². The van der Waals surface area contributed by atoms with Crippen LogP contribution in [0, 0.1) is 5.92 Å². The van der Waals surface area contributed by atoms with Gasteiger partial charge in [0.05, 0.1) is 11.9 Å². The summed E-state index contributed by atoms with van der Waals surface area (Å²) in [4.78, 5) is 28.6. The summed E-state index contributed by atoms with van der Waals surface area (Å²) in [6.45, 7) is 10.9. The van der Waals surface area contributed by atoms with E-state index in [2.05, 4.69) is 59.5 Å². The van der Waals surface area contributed by atoms with Gasteiger partial charge in [-0.15, -0.1) is 0 Å². The molecule has 6 rings (SSSR count). The van der Waals surface area contributed by atoms with E-state index in [-0.39, 0.29) is 5.92 Å². The van der Waals surface area contributed by atoms with Crippen LogP contribution in [0.15, 0.2) is 73.3 Å². The lowest BCUT2D eigenvalue weighted by Crippen LogP contribution is -2.33. The van der Waals surface area contributed by atoms with Crippen LogP contribution in [0.4, 0.5) is 22.0 Å². The predicted molar refractivity (Wildman–Crippen MR) is 177 cm³/mol. The maximum atomic E-state index is 13.3. The molecule has 2 aromatic carbocycles. The fraction of sp³-hybridized carbons (Fsp3) is 0.324. The minimum absolute atomic E-state index is 0.259. The van der Waals surface area contributed by atoms with Crippen LogP contribution in [-0.2, 0) is 11.3 Å². The number of aromatic nitrogens is 5. The van der Waals surface area contributed by atoms with Crippen molar-refractivity contribution in [3.05, 3.63) is 84.5 Å². The van der Waals surface area contributed by atoms with Gasteiger partial charge in [0, 0.05) is 41.5 Å². The minimum atomic E-state index is -1.04. The molecule has 1 fully saturated rings. The third-order valence-corrected chi connectivity index (χ3v) is 8.38. The van der Waals surface area contributed by atoms with Crippen molar-refractivity contribution in [1.29, 1.82) is 0 Å². The number of amides is 1. The second kappa shape index (κ2) is 13.0. The molecule has 1 aliphatic heterocycles. The average molecular weight is 608 g/mol. The second-order valence-corrected chi connectivity index (χ2v) is 12.0. The molecule has 5 aromatic rings. The molecule has 4 heterocycles. The van der Waals surface area contributed by atoms with Gasteiger partial charge >= 0.3 is 0 Å². The molecule has 1 amide bonds. The first kappa shape index (κ1) is 30.1. The summed E-state index contributed by atoms with van der Waals surface area (Å²) in [5, 5.41) is 16.0. The average Bonchev–Trinajstić information content (AvgIpc) is 3.48. The molecule has 1 saturated heterocycles. The first-order valence-electron chi connectivity index (χ1n) is 15.3. The van der Waals surface area contributed by atoms with Gasteiger partial charge < -0.3 is 20.9 Å². The largest absolute Gasteiger partial charge is 0.354 e. The third-order valence-electron chi connectivity index (χ3n) is 8.38. The Morgan fingerprint density at radius 1 is 1.09 bits per heavy atom. The van der Waals surface area contributed by atoms with E-state index >= 15 is 0 Å². The highest BCUT2D eigenvalue weighted by Gasteiger charge is 2.19. The van der Waals surface area contributed by atoms with E-state index in [1.807, 2.05) is 36.5 Å². The summed E-state index contributed by atoms with van der Waals surface area (Å²) in [7, 11) is 2.17. The van der Waals surface area contributed by atoms with Crippen LogP contribution in [0.5, 0.6) is 0 Å². The normalized spacial score (nSPS) is 14.2. The van der Waals surface area contributed by atoms with Gasteiger partial charge in [0.15, 0.2) is 11.5 Å². The SMILES string of the molecule is C=C(F)C(=O)Nc1ccc2c(-c3ccccc3CNc3nc(NCC4CCN(C)CC4)nc4c(C(C)C)cnn34)nccc2c1. The van der Waals surface area contributed by atoms with Crippen molar-refractivity contribution < 1.29 is 9.18 Å². The molecule has 3 aromatic heterocycles. The summed E-state index contributed by atoms with van der Waals surface area (Å²) in [5.74, 6) is 0.139. The number of hydrogen-bond acceptors (Lipinski definition) is 8. The quantitative estimate of drug-likeness (QED) is 0.160. The third kappa shape index (κ3) is 6.63. The lowest BCUT2D eigenvalue weighted by atomic mass is 9.97. The molecule has 0 bridgehead atoms. The van der Waals surface area contributed by atoms with Gasteiger partial charge in [0.1, 0.15) is 0 Å². The van der Waals surface area contributed by atoms with Crippen molar-refractivity contribution in [2.24, 2.45) is 5.92 Å².